The van der Waals surface area contributed by atoms with Gasteiger partial charge in [-0.15, -0.1) is 11.3 Å². The van der Waals surface area contributed by atoms with Gasteiger partial charge in [0, 0.05) is 21.9 Å². The standard InChI is InChI=1S/C11H15BrClNS/c1-7(4-8-2-3-8)14-6-9-5-10(12)11(13)15-9/h5,7-8,14H,2-4,6H2,1H3. The molecule has 0 radical (unpaired) electrons. The zero-order valence-corrected chi connectivity index (χ0v) is 11.9. The Hall–Kier alpha value is 0.430. The molecule has 0 aliphatic heterocycles. The van der Waals surface area contributed by atoms with E-state index in [0.29, 0.717) is 6.04 Å². The van der Waals surface area contributed by atoms with Gasteiger partial charge in [0.15, 0.2) is 0 Å². The lowest BCUT2D eigenvalue weighted by Crippen LogP contribution is -2.25. The van der Waals surface area contributed by atoms with Gasteiger partial charge in [0.25, 0.3) is 0 Å². The molecule has 0 bridgehead atoms. The lowest BCUT2D eigenvalue weighted by Gasteiger charge is -2.11. The van der Waals surface area contributed by atoms with Crippen molar-refractivity contribution in [3.8, 4) is 0 Å². The third-order valence-corrected chi connectivity index (χ3v) is 5.18. The summed E-state index contributed by atoms with van der Waals surface area (Å²) in [5.41, 5.74) is 0. The molecule has 15 heavy (non-hydrogen) atoms. The molecular weight excluding hydrogens is 294 g/mol. The molecule has 84 valence electrons. The highest BCUT2D eigenvalue weighted by Crippen LogP contribution is 2.34. The van der Waals surface area contributed by atoms with Crippen molar-refractivity contribution >= 4 is 38.9 Å². The Kier molecular flexibility index (Phi) is 4.10. The summed E-state index contributed by atoms with van der Waals surface area (Å²) in [4.78, 5) is 1.30. The van der Waals surface area contributed by atoms with Gasteiger partial charge < -0.3 is 5.32 Å². The van der Waals surface area contributed by atoms with E-state index in [1.807, 2.05) is 0 Å². The van der Waals surface area contributed by atoms with Crippen LogP contribution in [0.25, 0.3) is 0 Å². The van der Waals surface area contributed by atoms with Crippen molar-refractivity contribution in [1.29, 1.82) is 0 Å². The van der Waals surface area contributed by atoms with Crippen molar-refractivity contribution in [1.82, 2.24) is 5.32 Å². The lowest BCUT2D eigenvalue weighted by molar-refractivity contribution is 0.490. The highest BCUT2D eigenvalue weighted by atomic mass is 79.9. The van der Waals surface area contributed by atoms with E-state index in [9.17, 15) is 0 Å². The van der Waals surface area contributed by atoms with Crippen molar-refractivity contribution < 1.29 is 0 Å². The molecule has 1 fully saturated rings. The first kappa shape index (κ1) is 11.9. The first-order chi connectivity index (χ1) is 7.15. The summed E-state index contributed by atoms with van der Waals surface area (Å²) in [5.74, 6) is 0.992. The average molecular weight is 309 g/mol. The van der Waals surface area contributed by atoms with E-state index in [1.165, 1.54) is 24.1 Å². The summed E-state index contributed by atoms with van der Waals surface area (Å²) in [6.07, 6.45) is 4.19. The van der Waals surface area contributed by atoms with Crippen LogP contribution in [-0.2, 0) is 6.54 Å². The fourth-order valence-corrected chi connectivity index (χ4v) is 3.43. The maximum atomic E-state index is 5.98. The van der Waals surface area contributed by atoms with E-state index in [1.54, 1.807) is 11.3 Å². The zero-order valence-electron chi connectivity index (χ0n) is 8.72. The summed E-state index contributed by atoms with van der Waals surface area (Å²) in [6.45, 7) is 3.20. The van der Waals surface area contributed by atoms with Crippen LogP contribution in [-0.4, -0.2) is 6.04 Å². The van der Waals surface area contributed by atoms with Gasteiger partial charge in [-0.2, -0.15) is 0 Å². The van der Waals surface area contributed by atoms with Gasteiger partial charge in [-0.25, -0.2) is 0 Å². The predicted molar refractivity (Wildman–Crippen MR) is 70.7 cm³/mol. The molecule has 0 amide bonds. The highest BCUT2D eigenvalue weighted by molar-refractivity contribution is 9.10. The Morgan fingerprint density at radius 1 is 1.67 bits per heavy atom. The van der Waals surface area contributed by atoms with Crippen LogP contribution in [0.4, 0.5) is 0 Å². The SMILES string of the molecule is CC(CC1CC1)NCc1cc(Br)c(Cl)s1. The van der Waals surface area contributed by atoms with Crippen molar-refractivity contribution in [2.75, 3.05) is 0 Å². The molecule has 1 aromatic rings. The topological polar surface area (TPSA) is 12.0 Å². The summed E-state index contributed by atoms with van der Waals surface area (Å²) >= 11 is 11.1. The minimum absolute atomic E-state index is 0.622. The molecule has 1 N–H and O–H groups in total. The van der Waals surface area contributed by atoms with Crippen LogP contribution < -0.4 is 5.32 Å². The van der Waals surface area contributed by atoms with Crippen molar-refractivity contribution in [2.45, 2.75) is 38.8 Å². The van der Waals surface area contributed by atoms with E-state index >= 15 is 0 Å². The number of halogens is 2. The lowest BCUT2D eigenvalue weighted by atomic mass is 10.1. The minimum atomic E-state index is 0.622. The van der Waals surface area contributed by atoms with Crippen LogP contribution in [0.2, 0.25) is 4.34 Å². The van der Waals surface area contributed by atoms with Crippen molar-refractivity contribution in [3.63, 3.8) is 0 Å². The summed E-state index contributed by atoms with van der Waals surface area (Å²) in [6, 6.07) is 2.72. The fourth-order valence-electron chi connectivity index (χ4n) is 1.69. The number of thiophene rings is 1. The van der Waals surface area contributed by atoms with Crippen LogP contribution in [0.15, 0.2) is 10.5 Å². The molecular formula is C11H15BrClNS. The van der Waals surface area contributed by atoms with E-state index in [-0.39, 0.29) is 0 Å². The number of hydrogen-bond donors (Lipinski definition) is 1. The molecule has 1 atom stereocenters. The molecule has 1 saturated carbocycles. The number of nitrogens with one attached hydrogen (secondary N) is 1. The second-order valence-electron chi connectivity index (χ2n) is 4.30. The molecule has 0 aromatic carbocycles. The number of hydrogen-bond acceptors (Lipinski definition) is 2. The van der Waals surface area contributed by atoms with Crippen LogP contribution in [0, 0.1) is 5.92 Å². The molecule has 1 aliphatic carbocycles. The van der Waals surface area contributed by atoms with Crippen LogP contribution >= 0.6 is 38.9 Å². The van der Waals surface area contributed by atoms with Gasteiger partial charge in [-0.1, -0.05) is 24.4 Å². The molecule has 0 saturated heterocycles. The van der Waals surface area contributed by atoms with Gasteiger partial charge in [-0.3, -0.25) is 0 Å². The largest absolute Gasteiger partial charge is 0.309 e. The van der Waals surface area contributed by atoms with E-state index < -0.39 is 0 Å². The second kappa shape index (κ2) is 5.17. The average Bonchev–Trinajstić information content (AvgIpc) is 2.92. The Bertz CT molecular complexity index is 316. The molecule has 1 aromatic heterocycles. The zero-order chi connectivity index (χ0) is 10.8. The third-order valence-electron chi connectivity index (χ3n) is 2.70. The van der Waals surface area contributed by atoms with Crippen LogP contribution in [0.3, 0.4) is 0 Å². The maximum absolute atomic E-state index is 5.98. The van der Waals surface area contributed by atoms with Crippen molar-refractivity contribution in [3.05, 3.63) is 19.8 Å². The number of rotatable bonds is 5. The Morgan fingerprint density at radius 3 is 2.93 bits per heavy atom. The Labute approximate surface area is 108 Å². The highest BCUT2D eigenvalue weighted by Gasteiger charge is 2.23. The normalized spacial score (nSPS) is 18.1. The van der Waals surface area contributed by atoms with Gasteiger partial charge in [0.1, 0.15) is 4.34 Å². The molecule has 1 nitrogen and oxygen atoms in total. The third kappa shape index (κ3) is 3.74. The maximum Gasteiger partial charge on any atom is 0.107 e. The van der Waals surface area contributed by atoms with E-state index in [4.69, 9.17) is 11.6 Å². The second-order valence-corrected chi connectivity index (χ2v) is 6.89. The Morgan fingerprint density at radius 2 is 2.40 bits per heavy atom. The molecule has 1 unspecified atom stereocenters. The quantitative estimate of drug-likeness (QED) is 0.848. The van der Waals surface area contributed by atoms with Gasteiger partial charge in [0.2, 0.25) is 0 Å². The van der Waals surface area contributed by atoms with E-state index in [2.05, 4.69) is 34.2 Å². The first-order valence-corrected chi connectivity index (χ1v) is 7.31. The van der Waals surface area contributed by atoms with Gasteiger partial charge in [-0.05, 0) is 41.3 Å². The Balaban J connectivity index is 1.76. The van der Waals surface area contributed by atoms with E-state index in [0.717, 1.165) is 21.3 Å². The van der Waals surface area contributed by atoms with Gasteiger partial charge in [0.05, 0.1) is 0 Å². The molecule has 1 aliphatic rings. The van der Waals surface area contributed by atoms with Gasteiger partial charge >= 0.3 is 0 Å². The summed E-state index contributed by atoms with van der Waals surface area (Å²) < 4.78 is 1.86. The van der Waals surface area contributed by atoms with Crippen LogP contribution in [0.1, 0.15) is 31.1 Å². The van der Waals surface area contributed by atoms with Crippen LogP contribution in [0.5, 0.6) is 0 Å². The molecule has 2 rings (SSSR count). The summed E-state index contributed by atoms with van der Waals surface area (Å²) in [7, 11) is 0. The molecule has 1 heterocycles. The smallest absolute Gasteiger partial charge is 0.107 e. The molecule has 4 heteroatoms. The summed E-state index contributed by atoms with van der Waals surface area (Å²) in [5, 5.41) is 3.54. The predicted octanol–water partition coefficient (Wildman–Crippen LogP) is 4.44. The van der Waals surface area contributed by atoms with Crippen molar-refractivity contribution in [2.24, 2.45) is 5.92 Å². The minimum Gasteiger partial charge on any atom is -0.309 e. The molecule has 0 spiro atoms. The monoisotopic (exact) mass is 307 g/mol. The first-order valence-electron chi connectivity index (χ1n) is 5.32. The fraction of sp³-hybridized carbons (Fsp3) is 0.636.